The SMILES string of the molecule is N#Cc1ccc(COc2cccc(C3CCN(CC(N)=NCC4CCS4)CC3)n2)c(F)c1. The molecule has 0 bridgehead atoms. The summed E-state index contributed by atoms with van der Waals surface area (Å²) in [7, 11) is 0. The second kappa shape index (κ2) is 10.8. The van der Waals surface area contributed by atoms with Crippen LogP contribution in [0.5, 0.6) is 5.88 Å². The van der Waals surface area contributed by atoms with Crippen LogP contribution in [-0.4, -0.2) is 52.9 Å². The van der Waals surface area contributed by atoms with E-state index in [9.17, 15) is 4.39 Å². The van der Waals surface area contributed by atoms with Crippen LogP contribution in [0.15, 0.2) is 41.4 Å². The van der Waals surface area contributed by atoms with Gasteiger partial charge in [0.1, 0.15) is 18.3 Å². The molecular weight excluding hydrogens is 425 g/mol. The van der Waals surface area contributed by atoms with Gasteiger partial charge in [0.05, 0.1) is 24.7 Å². The van der Waals surface area contributed by atoms with Crippen LogP contribution < -0.4 is 10.5 Å². The van der Waals surface area contributed by atoms with E-state index < -0.39 is 5.82 Å². The van der Waals surface area contributed by atoms with Gasteiger partial charge in [0.15, 0.2) is 0 Å². The van der Waals surface area contributed by atoms with E-state index in [1.54, 1.807) is 18.2 Å². The number of pyridine rings is 1. The van der Waals surface area contributed by atoms with E-state index in [0.717, 1.165) is 50.6 Å². The number of aromatic nitrogens is 1. The predicted octanol–water partition coefficient (Wildman–Crippen LogP) is 3.71. The minimum Gasteiger partial charge on any atom is -0.473 e. The number of nitrogens with two attached hydrogens (primary N) is 1. The molecule has 8 heteroatoms. The fraction of sp³-hybridized carbons (Fsp3) is 0.458. The van der Waals surface area contributed by atoms with E-state index in [1.165, 1.54) is 18.2 Å². The summed E-state index contributed by atoms with van der Waals surface area (Å²) in [6, 6.07) is 12.1. The Morgan fingerprint density at radius 3 is 2.78 bits per heavy atom. The third-order valence-electron chi connectivity index (χ3n) is 5.99. The number of benzene rings is 1. The van der Waals surface area contributed by atoms with Gasteiger partial charge in [0, 0.05) is 28.5 Å². The maximum Gasteiger partial charge on any atom is 0.213 e. The van der Waals surface area contributed by atoms with E-state index in [4.69, 9.17) is 15.7 Å². The van der Waals surface area contributed by atoms with Crippen LogP contribution in [-0.2, 0) is 6.61 Å². The number of hydrogen-bond donors (Lipinski definition) is 1. The van der Waals surface area contributed by atoms with Gasteiger partial charge in [-0.05, 0) is 56.3 Å². The first kappa shape index (κ1) is 22.6. The van der Waals surface area contributed by atoms with Crippen molar-refractivity contribution in [2.24, 2.45) is 10.7 Å². The summed E-state index contributed by atoms with van der Waals surface area (Å²) in [6.07, 6.45) is 3.27. The Balaban J connectivity index is 1.27. The molecule has 168 valence electrons. The number of amidine groups is 1. The van der Waals surface area contributed by atoms with Crippen molar-refractivity contribution in [3.05, 3.63) is 59.0 Å². The van der Waals surface area contributed by atoms with Crippen LogP contribution in [0.3, 0.4) is 0 Å². The fourth-order valence-corrected chi connectivity index (χ4v) is 4.69. The van der Waals surface area contributed by atoms with E-state index in [-0.39, 0.29) is 6.61 Å². The Kier molecular flexibility index (Phi) is 7.61. The lowest BCUT2D eigenvalue weighted by atomic mass is 9.93. The zero-order valence-electron chi connectivity index (χ0n) is 18.0. The average Bonchev–Trinajstić information content (AvgIpc) is 2.78. The summed E-state index contributed by atoms with van der Waals surface area (Å²) in [5.74, 6) is 2.39. The summed E-state index contributed by atoms with van der Waals surface area (Å²) < 4.78 is 19.8. The van der Waals surface area contributed by atoms with Crippen molar-refractivity contribution in [3.63, 3.8) is 0 Å². The Bertz CT molecular complexity index is 996. The predicted molar refractivity (Wildman–Crippen MR) is 125 cm³/mol. The smallest absolute Gasteiger partial charge is 0.213 e. The van der Waals surface area contributed by atoms with Crippen molar-refractivity contribution in [2.45, 2.75) is 37.0 Å². The molecule has 0 amide bonds. The lowest BCUT2D eigenvalue weighted by Crippen LogP contribution is -2.39. The minimum absolute atomic E-state index is 0.0738. The topological polar surface area (TPSA) is 87.5 Å². The molecule has 1 aromatic heterocycles. The van der Waals surface area contributed by atoms with Gasteiger partial charge in [0.2, 0.25) is 5.88 Å². The van der Waals surface area contributed by atoms with Crippen LogP contribution in [0.4, 0.5) is 4.39 Å². The number of thioether (sulfide) groups is 1. The average molecular weight is 454 g/mol. The molecule has 3 heterocycles. The van der Waals surface area contributed by atoms with Gasteiger partial charge < -0.3 is 10.5 Å². The molecule has 2 aliphatic rings. The zero-order valence-corrected chi connectivity index (χ0v) is 18.9. The minimum atomic E-state index is -0.443. The fourth-order valence-electron chi connectivity index (χ4n) is 3.94. The number of ether oxygens (including phenoxy) is 1. The van der Waals surface area contributed by atoms with Crippen LogP contribution in [0.25, 0.3) is 0 Å². The van der Waals surface area contributed by atoms with Gasteiger partial charge in [-0.2, -0.15) is 17.0 Å². The number of nitrogens with zero attached hydrogens (tertiary/aromatic N) is 4. The number of hydrogen-bond acceptors (Lipinski definition) is 6. The van der Waals surface area contributed by atoms with Crippen molar-refractivity contribution in [1.29, 1.82) is 5.26 Å². The summed E-state index contributed by atoms with van der Waals surface area (Å²) in [5, 5.41) is 9.52. The second-order valence-electron chi connectivity index (χ2n) is 8.27. The van der Waals surface area contributed by atoms with Crippen molar-refractivity contribution in [1.82, 2.24) is 9.88 Å². The highest BCUT2D eigenvalue weighted by Gasteiger charge is 2.23. The number of nitriles is 1. The largest absolute Gasteiger partial charge is 0.473 e. The summed E-state index contributed by atoms with van der Waals surface area (Å²) >= 11 is 1.97. The van der Waals surface area contributed by atoms with Crippen LogP contribution in [0.2, 0.25) is 0 Å². The highest BCUT2D eigenvalue weighted by Crippen LogP contribution is 2.29. The van der Waals surface area contributed by atoms with Crippen LogP contribution in [0.1, 0.15) is 42.0 Å². The molecule has 1 atom stereocenters. The standard InChI is InChI=1S/C24H28FN5OS/c25-21-12-17(13-26)4-5-19(21)16-31-24-3-1-2-22(29-24)18-6-9-30(10-7-18)15-23(27)28-14-20-8-11-32-20/h1-5,12,18,20H,6-11,14-16H2,(H2,27,28). The molecule has 0 saturated carbocycles. The molecule has 2 fully saturated rings. The van der Waals surface area contributed by atoms with Crippen molar-refractivity contribution >= 4 is 17.6 Å². The number of aliphatic imine (C=N–C) groups is 1. The van der Waals surface area contributed by atoms with E-state index >= 15 is 0 Å². The highest BCUT2D eigenvalue weighted by atomic mass is 32.2. The normalized spacial score (nSPS) is 19.9. The molecule has 1 unspecified atom stereocenters. The Morgan fingerprint density at radius 1 is 1.28 bits per heavy atom. The van der Waals surface area contributed by atoms with Gasteiger partial charge >= 0.3 is 0 Å². The Labute approximate surface area is 192 Å². The van der Waals surface area contributed by atoms with E-state index in [1.807, 2.05) is 30.0 Å². The number of rotatable bonds is 8. The van der Waals surface area contributed by atoms with Gasteiger partial charge in [-0.3, -0.25) is 9.89 Å². The first-order chi connectivity index (χ1) is 15.6. The van der Waals surface area contributed by atoms with Crippen molar-refractivity contribution in [3.8, 4) is 11.9 Å². The van der Waals surface area contributed by atoms with Crippen LogP contribution in [0, 0.1) is 17.1 Å². The first-order valence-electron chi connectivity index (χ1n) is 11.0. The van der Waals surface area contributed by atoms with Crippen molar-refractivity contribution in [2.75, 3.05) is 31.9 Å². The molecular formula is C24H28FN5OS. The number of likely N-dealkylation sites (tertiary alicyclic amines) is 1. The summed E-state index contributed by atoms with van der Waals surface area (Å²) in [5.41, 5.74) is 7.84. The Hall–Kier alpha value is -2.63. The molecule has 2 aliphatic heterocycles. The summed E-state index contributed by atoms with van der Waals surface area (Å²) in [6.45, 7) is 3.57. The molecule has 2 saturated heterocycles. The van der Waals surface area contributed by atoms with E-state index in [2.05, 4.69) is 14.9 Å². The maximum absolute atomic E-state index is 14.1. The molecule has 4 rings (SSSR count). The molecule has 0 aliphatic carbocycles. The van der Waals surface area contributed by atoms with Crippen molar-refractivity contribution < 1.29 is 9.13 Å². The second-order valence-corrected chi connectivity index (χ2v) is 9.68. The zero-order chi connectivity index (χ0) is 22.3. The van der Waals surface area contributed by atoms with Crippen LogP contribution >= 0.6 is 11.8 Å². The maximum atomic E-state index is 14.1. The van der Waals surface area contributed by atoms with Gasteiger partial charge in [-0.25, -0.2) is 9.37 Å². The monoisotopic (exact) mass is 453 g/mol. The molecule has 32 heavy (non-hydrogen) atoms. The third-order valence-corrected chi connectivity index (χ3v) is 7.31. The number of piperidine rings is 1. The molecule has 1 aromatic carbocycles. The first-order valence-corrected chi connectivity index (χ1v) is 12.1. The number of halogens is 1. The molecule has 0 spiro atoms. The third kappa shape index (κ3) is 5.99. The van der Waals surface area contributed by atoms with E-state index in [0.29, 0.717) is 28.2 Å². The molecule has 2 N–H and O–H groups in total. The lowest BCUT2D eigenvalue weighted by molar-refractivity contribution is 0.234. The molecule has 6 nitrogen and oxygen atoms in total. The lowest BCUT2D eigenvalue weighted by Gasteiger charge is -2.31. The van der Waals surface area contributed by atoms with Gasteiger partial charge in [-0.1, -0.05) is 12.1 Å². The molecule has 0 radical (unpaired) electrons. The quantitative estimate of drug-likeness (QED) is 0.484. The van der Waals surface area contributed by atoms with Gasteiger partial charge in [0.25, 0.3) is 0 Å². The Morgan fingerprint density at radius 2 is 2.09 bits per heavy atom. The summed E-state index contributed by atoms with van der Waals surface area (Å²) in [4.78, 5) is 11.6. The highest BCUT2D eigenvalue weighted by molar-refractivity contribution is 8.01. The van der Waals surface area contributed by atoms with Gasteiger partial charge in [-0.15, -0.1) is 0 Å². The molecule has 2 aromatic rings.